The van der Waals surface area contributed by atoms with Crippen molar-refractivity contribution in [1.82, 2.24) is 10.3 Å². The molecule has 168 valence electrons. The zero-order valence-corrected chi connectivity index (χ0v) is 20.2. The highest BCUT2D eigenvalue weighted by atomic mass is 32.2. The summed E-state index contributed by atoms with van der Waals surface area (Å²) in [5.74, 6) is -0.135. The second-order valence-electron chi connectivity index (χ2n) is 7.67. The lowest BCUT2D eigenvalue weighted by atomic mass is 10.2. The molecule has 0 saturated heterocycles. The molecule has 2 aromatic carbocycles. The maximum absolute atomic E-state index is 12.7. The Morgan fingerprint density at radius 2 is 1.78 bits per heavy atom. The van der Waals surface area contributed by atoms with Crippen LogP contribution in [0.3, 0.4) is 0 Å². The molecule has 0 aliphatic rings. The van der Waals surface area contributed by atoms with E-state index < -0.39 is 10.0 Å². The topological polar surface area (TPSA) is 88.2 Å². The van der Waals surface area contributed by atoms with Crippen molar-refractivity contribution < 1.29 is 13.2 Å². The van der Waals surface area contributed by atoms with Crippen molar-refractivity contribution in [3.05, 3.63) is 77.5 Å². The third-order valence-electron chi connectivity index (χ3n) is 4.94. The molecule has 8 heteroatoms. The number of rotatable bonds is 8. The summed E-state index contributed by atoms with van der Waals surface area (Å²) in [5, 5.41) is 3.66. The van der Waals surface area contributed by atoms with Gasteiger partial charge in [-0.15, -0.1) is 0 Å². The van der Waals surface area contributed by atoms with E-state index in [-0.39, 0.29) is 16.8 Å². The summed E-state index contributed by atoms with van der Waals surface area (Å²) in [7, 11) is -3.66. The zero-order chi connectivity index (χ0) is 23.3. The van der Waals surface area contributed by atoms with Gasteiger partial charge >= 0.3 is 0 Å². The SMILES string of the molecule is CCC(C)NC(=O)c1ccc(Sc2ccc(NS(=O)(=O)c3ccc(C)cc3C)cc2)nc1. The van der Waals surface area contributed by atoms with Gasteiger partial charge in [0.25, 0.3) is 15.9 Å². The highest BCUT2D eigenvalue weighted by Gasteiger charge is 2.17. The molecule has 32 heavy (non-hydrogen) atoms. The number of aryl methyl sites for hydroxylation is 2. The minimum absolute atomic E-state index is 0.113. The fourth-order valence-electron chi connectivity index (χ4n) is 3.01. The van der Waals surface area contributed by atoms with Gasteiger partial charge in [0.1, 0.15) is 5.03 Å². The molecule has 0 spiro atoms. The van der Waals surface area contributed by atoms with E-state index in [9.17, 15) is 13.2 Å². The monoisotopic (exact) mass is 469 g/mol. The van der Waals surface area contributed by atoms with E-state index in [2.05, 4.69) is 15.0 Å². The Morgan fingerprint density at radius 3 is 2.38 bits per heavy atom. The van der Waals surface area contributed by atoms with Crippen LogP contribution in [0, 0.1) is 13.8 Å². The molecular weight excluding hydrogens is 442 g/mol. The lowest BCUT2D eigenvalue weighted by molar-refractivity contribution is 0.0939. The van der Waals surface area contributed by atoms with Crippen LogP contribution in [0.4, 0.5) is 5.69 Å². The fraction of sp³-hybridized carbons (Fsp3) is 0.250. The minimum atomic E-state index is -3.66. The van der Waals surface area contributed by atoms with Crippen LogP contribution in [-0.2, 0) is 10.0 Å². The Kier molecular flexibility index (Phi) is 7.58. The lowest BCUT2D eigenvalue weighted by Crippen LogP contribution is -2.31. The minimum Gasteiger partial charge on any atom is -0.350 e. The molecule has 3 aromatic rings. The number of hydrogen-bond acceptors (Lipinski definition) is 5. The smallest absolute Gasteiger partial charge is 0.262 e. The number of nitrogens with zero attached hydrogens (tertiary/aromatic N) is 1. The largest absolute Gasteiger partial charge is 0.350 e. The number of carbonyl (C=O) groups excluding carboxylic acids is 1. The molecular formula is C24H27N3O3S2. The summed E-state index contributed by atoms with van der Waals surface area (Å²) in [6.45, 7) is 7.69. The van der Waals surface area contributed by atoms with Crippen molar-refractivity contribution >= 4 is 33.4 Å². The number of hydrogen-bond donors (Lipinski definition) is 2. The van der Waals surface area contributed by atoms with Crippen molar-refractivity contribution in [3.8, 4) is 0 Å². The van der Waals surface area contributed by atoms with E-state index in [4.69, 9.17) is 0 Å². The van der Waals surface area contributed by atoms with Crippen molar-refractivity contribution in [1.29, 1.82) is 0 Å². The van der Waals surface area contributed by atoms with E-state index in [0.717, 1.165) is 21.9 Å². The van der Waals surface area contributed by atoms with E-state index >= 15 is 0 Å². The van der Waals surface area contributed by atoms with Gasteiger partial charge in [0.05, 0.1) is 10.5 Å². The Morgan fingerprint density at radius 1 is 1.06 bits per heavy atom. The number of nitrogens with one attached hydrogen (secondary N) is 2. The Hall–Kier alpha value is -2.84. The van der Waals surface area contributed by atoms with E-state index in [0.29, 0.717) is 16.8 Å². The third kappa shape index (κ3) is 6.11. The molecule has 0 aliphatic carbocycles. The van der Waals surface area contributed by atoms with E-state index in [1.54, 1.807) is 49.5 Å². The first kappa shape index (κ1) is 23.8. The Labute approximate surface area is 193 Å². The number of carbonyl (C=O) groups is 1. The molecule has 0 bridgehead atoms. The molecule has 0 radical (unpaired) electrons. The van der Waals surface area contributed by atoms with Gasteiger partial charge in [0.15, 0.2) is 0 Å². The van der Waals surface area contributed by atoms with Gasteiger partial charge in [0, 0.05) is 22.8 Å². The van der Waals surface area contributed by atoms with Crippen LogP contribution in [0.5, 0.6) is 0 Å². The molecule has 1 heterocycles. The first-order valence-electron chi connectivity index (χ1n) is 10.3. The van der Waals surface area contributed by atoms with Crippen LogP contribution in [-0.4, -0.2) is 25.4 Å². The number of anilines is 1. The van der Waals surface area contributed by atoms with Crippen molar-refractivity contribution in [2.24, 2.45) is 0 Å². The quantitative estimate of drug-likeness (QED) is 0.475. The van der Waals surface area contributed by atoms with E-state index in [1.165, 1.54) is 11.8 Å². The molecule has 1 unspecified atom stereocenters. The zero-order valence-electron chi connectivity index (χ0n) is 18.5. The van der Waals surface area contributed by atoms with Gasteiger partial charge in [0.2, 0.25) is 0 Å². The summed E-state index contributed by atoms with van der Waals surface area (Å²) >= 11 is 1.43. The summed E-state index contributed by atoms with van der Waals surface area (Å²) in [5.41, 5.74) is 2.72. The van der Waals surface area contributed by atoms with Gasteiger partial charge in [-0.25, -0.2) is 13.4 Å². The number of benzene rings is 2. The van der Waals surface area contributed by atoms with Gasteiger partial charge < -0.3 is 5.32 Å². The normalized spacial score (nSPS) is 12.2. The van der Waals surface area contributed by atoms with Crippen LogP contribution < -0.4 is 10.0 Å². The van der Waals surface area contributed by atoms with Crippen molar-refractivity contribution in [2.75, 3.05) is 4.72 Å². The Bertz CT molecular complexity index is 1190. The molecule has 1 atom stereocenters. The fourth-order valence-corrected chi connectivity index (χ4v) is 5.05. The predicted molar refractivity (Wildman–Crippen MR) is 129 cm³/mol. The van der Waals surface area contributed by atoms with Crippen LogP contribution in [0.25, 0.3) is 0 Å². The lowest BCUT2D eigenvalue weighted by Gasteiger charge is -2.12. The van der Waals surface area contributed by atoms with E-state index in [1.807, 2.05) is 39.0 Å². The van der Waals surface area contributed by atoms with Crippen LogP contribution in [0.15, 0.2) is 75.6 Å². The summed E-state index contributed by atoms with van der Waals surface area (Å²) in [6.07, 6.45) is 2.43. The maximum atomic E-state index is 12.7. The second kappa shape index (κ2) is 10.2. The highest BCUT2D eigenvalue weighted by molar-refractivity contribution is 7.99. The molecule has 1 aromatic heterocycles. The molecule has 0 saturated carbocycles. The Balaban J connectivity index is 1.65. The molecule has 3 rings (SSSR count). The number of amides is 1. The summed E-state index contributed by atoms with van der Waals surface area (Å²) in [4.78, 5) is 17.7. The predicted octanol–water partition coefficient (Wildman–Crippen LogP) is 5.18. The number of pyridine rings is 1. The average Bonchev–Trinajstić information content (AvgIpc) is 2.75. The molecule has 0 aliphatic heterocycles. The van der Waals surface area contributed by atoms with Gasteiger partial charge in [-0.05, 0) is 75.2 Å². The van der Waals surface area contributed by atoms with Gasteiger partial charge in [-0.3, -0.25) is 9.52 Å². The van der Waals surface area contributed by atoms with Crippen LogP contribution in [0.1, 0.15) is 41.8 Å². The molecule has 2 N–H and O–H groups in total. The molecule has 0 fully saturated rings. The maximum Gasteiger partial charge on any atom is 0.262 e. The van der Waals surface area contributed by atoms with Crippen molar-refractivity contribution in [3.63, 3.8) is 0 Å². The summed E-state index contributed by atoms with van der Waals surface area (Å²) < 4.78 is 28.1. The first-order valence-corrected chi connectivity index (χ1v) is 12.6. The molecule has 6 nitrogen and oxygen atoms in total. The van der Waals surface area contributed by atoms with Gasteiger partial charge in [-0.1, -0.05) is 36.4 Å². The van der Waals surface area contributed by atoms with Crippen molar-refractivity contribution in [2.45, 2.75) is 55.0 Å². The van der Waals surface area contributed by atoms with Crippen LogP contribution in [0.2, 0.25) is 0 Å². The third-order valence-corrected chi connectivity index (χ3v) is 7.44. The van der Waals surface area contributed by atoms with Crippen LogP contribution >= 0.6 is 11.8 Å². The highest BCUT2D eigenvalue weighted by Crippen LogP contribution is 2.28. The standard InChI is InChI=1S/C24H27N3O3S2/c1-5-18(4)26-24(28)19-7-13-23(25-15-19)31-21-10-8-20(9-11-21)27-32(29,30)22-12-6-16(2)14-17(22)3/h6-15,18,27H,5H2,1-4H3,(H,26,28). The number of aromatic nitrogens is 1. The second-order valence-corrected chi connectivity index (χ2v) is 10.4. The van der Waals surface area contributed by atoms with Gasteiger partial charge in [-0.2, -0.15) is 0 Å². The number of sulfonamides is 1. The first-order chi connectivity index (χ1) is 15.2. The molecule has 1 amide bonds. The average molecular weight is 470 g/mol. The summed E-state index contributed by atoms with van der Waals surface area (Å²) in [6, 6.07) is 16.0.